The molecule has 82 heavy (non-hydrogen) atoms. The van der Waals surface area contributed by atoms with Crippen LogP contribution >= 0.6 is 0 Å². The molecule has 0 bridgehead atoms. The zero-order valence-electron chi connectivity index (χ0n) is 44.8. The Morgan fingerprint density at radius 3 is 1.06 bits per heavy atom. The van der Waals surface area contributed by atoms with Crippen LogP contribution in [0.5, 0.6) is 23.0 Å². The summed E-state index contributed by atoms with van der Waals surface area (Å²) in [5, 5.41) is 6.99. The maximum atomic E-state index is 7.14. The Hall–Kier alpha value is -10.5. The van der Waals surface area contributed by atoms with E-state index in [9.17, 15) is 0 Å². The molecule has 16 rings (SSSR count). The van der Waals surface area contributed by atoms with Crippen LogP contribution in [0, 0.1) is 0 Å². The summed E-state index contributed by atoms with van der Waals surface area (Å²) in [6, 6.07) is 115. The van der Waals surface area contributed by atoms with Gasteiger partial charge in [-0.1, -0.05) is 273 Å². The van der Waals surface area contributed by atoms with Crippen molar-refractivity contribution in [3.8, 4) is 67.5 Å². The van der Waals surface area contributed by atoms with Gasteiger partial charge in [-0.05, 0) is 142 Å². The second-order valence-electron chi connectivity index (χ2n) is 21.7. The molecule has 0 aliphatic carbocycles. The third-order valence-corrected chi connectivity index (χ3v) is 17.5. The van der Waals surface area contributed by atoms with Crippen molar-refractivity contribution >= 4 is 32.3 Å². The van der Waals surface area contributed by atoms with Crippen LogP contribution in [0.15, 0.2) is 315 Å². The minimum absolute atomic E-state index is 0.753. The molecular weight excluding hydrogens is 993 g/mol. The van der Waals surface area contributed by atoms with E-state index >= 15 is 0 Å². The zero-order chi connectivity index (χ0) is 54.2. The van der Waals surface area contributed by atoms with E-state index in [0.29, 0.717) is 0 Å². The highest BCUT2D eigenvalue weighted by atomic mass is 16.5. The van der Waals surface area contributed by atoms with Crippen LogP contribution < -0.4 is 9.47 Å². The van der Waals surface area contributed by atoms with E-state index in [1.54, 1.807) is 0 Å². The van der Waals surface area contributed by atoms with Gasteiger partial charge >= 0.3 is 0 Å². The fourth-order valence-electron chi connectivity index (χ4n) is 14.2. The summed E-state index contributed by atoms with van der Waals surface area (Å²) < 4.78 is 14.3. The Morgan fingerprint density at radius 2 is 0.585 bits per heavy atom. The van der Waals surface area contributed by atoms with E-state index in [2.05, 4.69) is 315 Å². The van der Waals surface area contributed by atoms with Crippen molar-refractivity contribution in [3.63, 3.8) is 0 Å². The third kappa shape index (κ3) is 7.08. The topological polar surface area (TPSA) is 18.5 Å². The first-order valence-corrected chi connectivity index (χ1v) is 28.3. The van der Waals surface area contributed by atoms with Crippen LogP contribution in [-0.4, -0.2) is 0 Å². The number of hydrogen-bond donors (Lipinski definition) is 0. The summed E-state index contributed by atoms with van der Waals surface area (Å²) in [5.74, 6) is 3.36. The van der Waals surface area contributed by atoms with Gasteiger partial charge in [-0.25, -0.2) is 0 Å². The largest absolute Gasteiger partial charge is 0.457 e. The fraction of sp³-hybridized carbons (Fsp3) is 0.0250. The van der Waals surface area contributed by atoms with Gasteiger partial charge in [0.15, 0.2) is 0 Å². The van der Waals surface area contributed by atoms with E-state index < -0.39 is 10.8 Å². The fourth-order valence-corrected chi connectivity index (χ4v) is 14.2. The molecule has 14 aromatic carbocycles. The molecule has 0 N–H and O–H groups in total. The van der Waals surface area contributed by atoms with Crippen molar-refractivity contribution in [1.82, 2.24) is 0 Å². The highest BCUT2D eigenvalue weighted by Gasteiger charge is 2.48. The lowest BCUT2D eigenvalue weighted by molar-refractivity contribution is 0.435. The van der Waals surface area contributed by atoms with Crippen LogP contribution in [0.1, 0.15) is 44.5 Å². The quantitative estimate of drug-likeness (QED) is 0.141. The predicted molar refractivity (Wildman–Crippen MR) is 337 cm³/mol. The van der Waals surface area contributed by atoms with E-state index in [4.69, 9.17) is 9.47 Å². The highest BCUT2D eigenvalue weighted by molar-refractivity contribution is 6.20. The van der Waals surface area contributed by atoms with Gasteiger partial charge in [0.05, 0.1) is 10.8 Å². The average Bonchev–Trinajstić information content (AvgIpc) is 1.18. The lowest BCUT2D eigenvalue weighted by atomic mass is 9.62. The maximum Gasteiger partial charge on any atom is 0.132 e. The summed E-state index contributed by atoms with van der Waals surface area (Å²) in [4.78, 5) is 0. The SMILES string of the molecule is c1ccc(-c2cc(-c3c4cccc(-c5cccc6c5C(c5ccccc5)(c5ccccc5)c5ccccc5O6)c4cc4c(-c5cccc6c5C(c5ccccc5)(c5ccccc5)c5ccccc5O6)cccc34)cc3ccccc23)cc1. The molecule has 0 radical (unpaired) electrons. The number of benzene rings is 14. The van der Waals surface area contributed by atoms with E-state index in [0.717, 1.165) is 94.6 Å². The summed E-state index contributed by atoms with van der Waals surface area (Å²) >= 11 is 0. The van der Waals surface area contributed by atoms with Gasteiger partial charge in [0.2, 0.25) is 0 Å². The first kappa shape index (κ1) is 47.5. The minimum Gasteiger partial charge on any atom is -0.457 e. The Bertz CT molecular complexity index is 4460. The smallest absolute Gasteiger partial charge is 0.132 e. The van der Waals surface area contributed by atoms with Gasteiger partial charge in [-0.2, -0.15) is 0 Å². The zero-order valence-corrected chi connectivity index (χ0v) is 44.8. The lowest BCUT2D eigenvalue weighted by Gasteiger charge is -2.43. The van der Waals surface area contributed by atoms with Crippen molar-refractivity contribution in [2.45, 2.75) is 10.8 Å². The third-order valence-electron chi connectivity index (χ3n) is 17.5. The van der Waals surface area contributed by atoms with Crippen LogP contribution in [-0.2, 0) is 10.8 Å². The number of fused-ring (bicyclic) bond motifs is 7. The molecule has 0 unspecified atom stereocenters. The second kappa shape index (κ2) is 19.1. The Morgan fingerprint density at radius 1 is 0.220 bits per heavy atom. The summed E-state index contributed by atoms with van der Waals surface area (Å²) in [5.41, 5.74) is 16.7. The van der Waals surface area contributed by atoms with Gasteiger partial charge in [-0.15, -0.1) is 0 Å². The first-order chi connectivity index (χ1) is 40.7. The molecule has 0 fully saturated rings. The van der Waals surface area contributed by atoms with Gasteiger partial charge in [0, 0.05) is 22.3 Å². The minimum atomic E-state index is -0.753. The molecule has 0 atom stereocenters. The monoisotopic (exact) mass is 1040 g/mol. The molecule has 0 spiro atoms. The second-order valence-corrected chi connectivity index (χ2v) is 21.7. The van der Waals surface area contributed by atoms with Crippen LogP contribution in [0.3, 0.4) is 0 Å². The van der Waals surface area contributed by atoms with Crippen molar-refractivity contribution in [3.05, 3.63) is 360 Å². The van der Waals surface area contributed by atoms with Gasteiger partial charge in [0.1, 0.15) is 23.0 Å². The lowest BCUT2D eigenvalue weighted by Crippen LogP contribution is -2.34. The van der Waals surface area contributed by atoms with Crippen molar-refractivity contribution in [2.24, 2.45) is 0 Å². The molecule has 2 heterocycles. The molecule has 0 saturated carbocycles. The van der Waals surface area contributed by atoms with Crippen LogP contribution in [0.4, 0.5) is 0 Å². The molecule has 0 saturated heterocycles. The van der Waals surface area contributed by atoms with Crippen molar-refractivity contribution < 1.29 is 9.47 Å². The highest BCUT2D eigenvalue weighted by Crippen LogP contribution is 2.61. The summed E-state index contributed by atoms with van der Waals surface area (Å²) in [6.45, 7) is 0. The van der Waals surface area contributed by atoms with E-state index in [1.807, 2.05) is 0 Å². The maximum absolute atomic E-state index is 7.14. The van der Waals surface area contributed by atoms with E-state index in [1.165, 1.54) is 49.7 Å². The molecular formula is C80H52O2. The Labute approximate surface area is 477 Å². The van der Waals surface area contributed by atoms with Gasteiger partial charge in [0.25, 0.3) is 0 Å². The molecule has 0 aromatic heterocycles. The normalized spacial score (nSPS) is 13.5. The Kier molecular flexibility index (Phi) is 11.0. The van der Waals surface area contributed by atoms with Crippen molar-refractivity contribution in [1.29, 1.82) is 0 Å². The standard InChI is InChI=1S/C80H52O2/c1-6-26-53(27-7-1)67-51-55(50-54-28-16-17-37-60(54)67)76-63-40-22-38-61(65-42-24-48-74-77(65)79(56-29-8-2-9-30-56,57-31-10-3-11-32-57)70-44-18-20-46-72(70)81-74)68(63)52-69-62(39-23-41-64(69)76)66-43-25-49-75-78(66)80(58-33-12-4-13-34-58,59-35-14-5-15-36-59)71-45-19-21-47-73(71)82-75/h1-52H. The predicted octanol–water partition coefficient (Wildman–Crippen LogP) is 20.8. The van der Waals surface area contributed by atoms with Gasteiger partial charge < -0.3 is 9.47 Å². The molecule has 0 amide bonds. The molecule has 2 aliphatic heterocycles. The number of para-hydroxylation sites is 2. The van der Waals surface area contributed by atoms with Gasteiger partial charge in [-0.3, -0.25) is 0 Å². The Balaban J connectivity index is 1.06. The number of hydrogen-bond acceptors (Lipinski definition) is 2. The summed E-state index contributed by atoms with van der Waals surface area (Å²) in [6.07, 6.45) is 0. The van der Waals surface area contributed by atoms with Crippen LogP contribution in [0.2, 0.25) is 0 Å². The first-order valence-electron chi connectivity index (χ1n) is 28.3. The molecule has 2 heteroatoms. The number of rotatable bonds is 8. The summed E-state index contributed by atoms with van der Waals surface area (Å²) in [7, 11) is 0. The molecule has 384 valence electrons. The number of ether oxygens (including phenoxy) is 2. The average molecular weight is 1050 g/mol. The van der Waals surface area contributed by atoms with Crippen LogP contribution in [0.25, 0.3) is 76.8 Å². The molecule has 2 nitrogen and oxygen atoms in total. The molecule has 14 aromatic rings. The van der Waals surface area contributed by atoms with Crippen molar-refractivity contribution in [2.75, 3.05) is 0 Å². The molecule has 2 aliphatic rings. The van der Waals surface area contributed by atoms with E-state index in [-0.39, 0.29) is 0 Å².